The van der Waals surface area contributed by atoms with Crippen molar-refractivity contribution >= 4 is 5.91 Å². The van der Waals surface area contributed by atoms with E-state index in [4.69, 9.17) is 0 Å². The van der Waals surface area contributed by atoms with Crippen LogP contribution >= 0.6 is 0 Å². The second kappa shape index (κ2) is 6.96. The van der Waals surface area contributed by atoms with Crippen molar-refractivity contribution in [1.29, 1.82) is 0 Å². The lowest BCUT2D eigenvalue weighted by Crippen LogP contribution is -2.38. The summed E-state index contributed by atoms with van der Waals surface area (Å²) >= 11 is 0. The molecule has 1 saturated carbocycles. The summed E-state index contributed by atoms with van der Waals surface area (Å²) in [6.45, 7) is 3.84. The van der Waals surface area contributed by atoms with Gasteiger partial charge in [0.1, 0.15) is 0 Å². The molecule has 0 bridgehead atoms. The van der Waals surface area contributed by atoms with Gasteiger partial charge in [0.2, 0.25) is 5.91 Å². The Labute approximate surface area is 148 Å². The molecule has 6 nitrogen and oxygen atoms in total. The molecule has 0 unspecified atom stereocenters. The van der Waals surface area contributed by atoms with E-state index in [0.29, 0.717) is 12.5 Å². The predicted molar refractivity (Wildman–Crippen MR) is 94.9 cm³/mol. The molecule has 0 spiro atoms. The smallest absolute Gasteiger partial charge is 0.225 e. The fourth-order valence-electron chi connectivity index (χ4n) is 3.91. The molecule has 1 aliphatic heterocycles. The first-order valence-corrected chi connectivity index (χ1v) is 9.23. The number of likely N-dealkylation sites (tertiary alicyclic amines) is 1. The van der Waals surface area contributed by atoms with Gasteiger partial charge >= 0.3 is 0 Å². The summed E-state index contributed by atoms with van der Waals surface area (Å²) in [6.07, 6.45) is 9.29. The summed E-state index contributed by atoms with van der Waals surface area (Å²) < 4.78 is 2.02. The lowest BCUT2D eigenvalue weighted by Gasteiger charge is -2.29. The van der Waals surface area contributed by atoms with Crippen LogP contribution in [0.25, 0.3) is 0 Å². The monoisotopic (exact) mass is 339 g/mol. The zero-order valence-electron chi connectivity index (χ0n) is 14.6. The Morgan fingerprint density at radius 1 is 1.28 bits per heavy atom. The van der Waals surface area contributed by atoms with Gasteiger partial charge in [0.05, 0.1) is 6.04 Å². The van der Waals surface area contributed by atoms with Crippen molar-refractivity contribution in [3.05, 3.63) is 48.0 Å². The SMILES string of the molecule is CCn1nccc1CCN[C@@H]1CC(=O)N(C2CC2)[C@H]1c1cccnc1. The van der Waals surface area contributed by atoms with E-state index in [1.54, 1.807) is 6.20 Å². The molecule has 2 aliphatic rings. The van der Waals surface area contributed by atoms with E-state index in [0.717, 1.165) is 37.9 Å². The molecule has 2 aromatic heterocycles. The van der Waals surface area contributed by atoms with Gasteiger partial charge in [-0.3, -0.25) is 14.5 Å². The molecule has 3 heterocycles. The molecule has 2 atom stereocenters. The van der Waals surface area contributed by atoms with Crippen LogP contribution in [0, 0.1) is 0 Å². The molecule has 1 saturated heterocycles. The number of carbonyl (C=O) groups excluding carboxylic acids is 1. The normalized spacial score (nSPS) is 23.4. The van der Waals surface area contributed by atoms with Crippen molar-refractivity contribution in [1.82, 2.24) is 25.0 Å². The molecule has 0 aromatic carbocycles. The first-order valence-electron chi connectivity index (χ1n) is 9.23. The number of aromatic nitrogens is 3. The second-order valence-electron chi connectivity index (χ2n) is 6.92. The van der Waals surface area contributed by atoms with Crippen molar-refractivity contribution in [2.75, 3.05) is 6.54 Å². The molecule has 1 aliphatic carbocycles. The van der Waals surface area contributed by atoms with Gasteiger partial charge in [-0.25, -0.2) is 0 Å². The van der Waals surface area contributed by atoms with E-state index in [1.807, 2.05) is 23.1 Å². The molecule has 1 N–H and O–H groups in total. The van der Waals surface area contributed by atoms with Gasteiger partial charge in [0, 0.05) is 62.3 Å². The molecular weight excluding hydrogens is 314 g/mol. The number of amides is 1. The lowest BCUT2D eigenvalue weighted by molar-refractivity contribution is -0.129. The first kappa shape index (κ1) is 16.3. The van der Waals surface area contributed by atoms with Gasteiger partial charge in [0.15, 0.2) is 0 Å². The number of rotatable bonds is 7. The van der Waals surface area contributed by atoms with Gasteiger partial charge in [-0.1, -0.05) is 6.07 Å². The number of hydrogen-bond donors (Lipinski definition) is 1. The third kappa shape index (κ3) is 3.31. The fraction of sp³-hybridized carbons (Fsp3) is 0.526. The van der Waals surface area contributed by atoms with E-state index in [9.17, 15) is 4.79 Å². The van der Waals surface area contributed by atoms with E-state index in [2.05, 4.69) is 39.4 Å². The number of pyridine rings is 1. The van der Waals surface area contributed by atoms with E-state index in [1.165, 1.54) is 5.69 Å². The predicted octanol–water partition coefficient (Wildman–Crippen LogP) is 1.93. The highest BCUT2D eigenvalue weighted by molar-refractivity contribution is 5.81. The Morgan fingerprint density at radius 2 is 2.16 bits per heavy atom. The van der Waals surface area contributed by atoms with Gasteiger partial charge in [-0.2, -0.15) is 5.10 Å². The van der Waals surface area contributed by atoms with Crippen LogP contribution in [0.15, 0.2) is 36.8 Å². The quantitative estimate of drug-likeness (QED) is 0.837. The maximum absolute atomic E-state index is 12.6. The summed E-state index contributed by atoms with van der Waals surface area (Å²) in [6, 6.07) is 6.79. The molecule has 132 valence electrons. The van der Waals surface area contributed by atoms with E-state index in [-0.39, 0.29) is 18.0 Å². The molecule has 6 heteroatoms. The highest BCUT2D eigenvalue weighted by Crippen LogP contribution is 2.41. The molecule has 0 radical (unpaired) electrons. The van der Waals surface area contributed by atoms with Crippen LogP contribution < -0.4 is 5.32 Å². The molecule has 1 amide bonds. The Balaban J connectivity index is 1.46. The Bertz CT molecular complexity index is 724. The van der Waals surface area contributed by atoms with Crippen LogP contribution in [0.4, 0.5) is 0 Å². The molecule has 2 aromatic rings. The van der Waals surface area contributed by atoms with Crippen LogP contribution in [0.2, 0.25) is 0 Å². The average molecular weight is 339 g/mol. The van der Waals surface area contributed by atoms with Crippen molar-refractivity contribution in [2.45, 2.75) is 57.3 Å². The third-order valence-corrected chi connectivity index (χ3v) is 5.22. The summed E-state index contributed by atoms with van der Waals surface area (Å²) in [5, 5.41) is 7.95. The van der Waals surface area contributed by atoms with Gasteiger partial charge in [-0.15, -0.1) is 0 Å². The van der Waals surface area contributed by atoms with Gasteiger partial charge in [-0.05, 0) is 37.5 Å². The van der Waals surface area contributed by atoms with Gasteiger partial charge < -0.3 is 10.2 Å². The minimum Gasteiger partial charge on any atom is -0.331 e. The highest BCUT2D eigenvalue weighted by atomic mass is 16.2. The Kier molecular flexibility index (Phi) is 4.53. The zero-order valence-corrected chi connectivity index (χ0v) is 14.6. The van der Waals surface area contributed by atoms with Gasteiger partial charge in [0.25, 0.3) is 0 Å². The fourth-order valence-corrected chi connectivity index (χ4v) is 3.91. The van der Waals surface area contributed by atoms with E-state index >= 15 is 0 Å². The number of carbonyl (C=O) groups is 1. The van der Waals surface area contributed by atoms with Crippen LogP contribution in [0.1, 0.15) is 43.5 Å². The summed E-state index contributed by atoms with van der Waals surface area (Å²) in [7, 11) is 0. The van der Waals surface area contributed by atoms with E-state index < -0.39 is 0 Å². The van der Waals surface area contributed by atoms with Crippen molar-refractivity contribution in [2.24, 2.45) is 0 Å². The highest BCUT2D eigenvalue weighted by Gasteiger charge is 2.47. The first-order chi connectivity index (χ1) is 12.3. The summed E-state index contributed by atoms with van der Waals surface area (Å²) in [5.41, 5.74) is 2.37. The van der Waals surface area contributed by atoms with Crippen molar-refractivity contribution < 1.29 is 4.79 Å². The Hall–Kier alpha value is -2.21. The Morgan fingerprint density at radius 3 is 2.88 bits per heavy atom. The van der Waals surface area contributed by atoms with Crippen molar-refractivity contribution in [3.8, 4) is 0 Å². The van der Waals surface area contributed by atoms with Crippen LogP contribution in [0.3, 0.4) is 0 Å². The second-order valence-corrected chi connectivity index (χ2v) is 6.92. The molecule has 2 fully saturated rings. The largest absolute Gasteiger partial charge is 0.331 e. The number of aryl methyl sites for hydroxylation is 1. The minimum atomic E-state index is 0.102. The topological polar surface area (TPSA) is 63.1 Å². The summed E-state index contributed by atoms with van der Waals surface area (Å²) in [5.74, 6) is 0.271. The number of nitrogens with zero attached hydrogens (tertiary/aromatic N) is 4. The summed E-state index contributed by atoms with van der Waals surface area (Å²) in [4.78, 5) is 19.0. The zero-order chi connectivity index (χ0) is 17.2. The third-order valence-electron chi connectivity index (χ3n) is 5.22. The maximum Gasteiger partial charge on any atom is 0.225 e. The number of hydrogen-bond acceptors (Lipinski definition) is 4. The van der Waals surface area contributed by atoms with Crippen LogP contribution in [0.5, 0.6) is 0 Å². The minimum absolute atomic E-state index is 0.102. The van der Waals surface area contributed by atoms with Crippen molar-refractivity contribution in [3.63, 3.8) is 0 Å². The molecule has 4 rings (SSSR count). The van der Waals surface area contributed by atoms with Crippen LogP contribution in [-0.4, -0.2) is 44.2 Å². The molecule has 25 heavy (non-hydrogen) atoms. The number of nitrogens with one attached hydrogen (secondary N) is 1. The average Bonchev–Trinajstić information content (AvgIpc) is 3.27. The van der Waals surface area contributed by atoms with Crippen LogP contribution in [-0.2, 0) is 17.8 Å². The lowest BCUT2D eigenvalue weighted by atomic mass is 10.0. The molecular formula is C19H25N5O. The maximum atomic E-state index is 12.6. The standard InChI is InChI=1S/C19H25N5O/c1-2-23-15(8-11-22-23)7-10-21-17-12-18(25)24(16-5-6-16)19(17)14-4-3-9-20-13-14/h3-4,8-9,11,13,16-17,19,21H,2,5-7,10,12H2,1H3/t17-,19+/m1/s1.